The van der Waals surface area contributed by atoms with Crippen molar-refractivity contribution < 1.29 is 4.39 Å². The van der Waals surface area contributed by atoms with Crippen LogP contribution in [0.2, 0.25) is 0 Å². The Balaban J connectivity index is 1.67. The zero-order valence-corrected chi connectivity index (χ0v) is 14.4. The van der Waals surface area contributed by atoms with Gasteiger partial charge in [0.05, 0.1) is 23.5 Å². The van der Waals surface area contributed by atoms with Gasteiger partial charge in [-0.15, -0.1) is 0 Å². The van der Waals surface area contributed by atoms with Crippen molar-refractivity contribution in [2.24, 2.45) is 4.99 Å². The first-order valence-electron chi connectivity index (χ1n) is 9.19. The first kappa shape index (κ1) is 16.1. The lowest BCUT2D eigenvalue weighted by Crippen LogP contribution is -2.52. The summed E-state index contributed by atoms with van der Waals surface area (Å²) in [6, 6.07) is 15.0. The maximum atomic E-state index is 13.5. The van der Waals surface area contributed by atoms with Gasteiger partial charge in [-0.25, -0.2) is 4.39 Å². The Morgan fingerprint density at radius 3 is 2.44 bits per heavy atom. The molecular formula is C21H24FN3. The third-order valence-electron chi connectivity index (χ3n) is 5.27. The van der Waals surface area contributed by atoms with Gasteiger partial charge in [0, 0.05) is 0 Å². The number of hydrogen-bond acceptors (Lipinski definition) is 2. The molecule has 1 spiro atoms. The van der Waals surface area contributed by atoms with E-state index in [-0.39, 0.29) is 11.4 Å². The lowest BCUT2D eigenvalue weighted by Gasteiger charge is -2.41. The van der Waals surface area contributed by atoms with E-state index < -0.39 is 0 Å². The minimum Gasteiger partial charge on any atom is -0.371 e. The lowest BCUT2D eigenvalue weighted by molar-refractivity contribution is 0.524. The molecular weight excluding hydrogens is 313 g/mol. The molecule has 1 heterocycles. The highest BCUT2D eigenvalue weighted by molar-refractivity contribution is 6.09. The number of aliphatic imine (C=N–C) groups is 1. The van der Waals surface area contributed by atoms with Crippen LogP contribution in [0.5, 0.6) is 0 Å². The van der Waals surface area contributed by atoms with Crippen molar-refractivity contribution in [3.63, 3.8) is 0 Å². The first-order valence-corrected chi connectivity index (χ1v) is 9.19. The zero-order valence-electron chi connectivity index (χ0n) is 14.4. The Bertz CT molecular complexity index is 776. The number of para-hydroxylation sites is 2. The topological polar surface area (TPSA) is 36.4 Å². The van der Waals surface area contributed by atoms with E-state index in [0.29, 0.717) is 6.54 Å². The molecule has 25 heavy (non-hydrogen) atoms. The quantitative estimate of drug-likeness (QED) is 0.774. The van der Waals surface area contributed by atoms with Crippen LogP contribution in [0.1, 0.15) is 44.1 Å². The normalized spacial score (nSPS) is 20.4. The highest BCUT2D eigenvalue weighted by Crippen LogP contribution is 2.38. The van der Waals surface area contributed by atoms with E-state index >= 15 is 0 Å². The predicted molar refractivity (Wildman–Crippen MR) is 102 cm³/mol. The summed E-state index contributed by atoms with van der Waals surface area (Å²) in [6.07, 6.45) is 7.13. The molecule has 130 valence electrons. The SMILES string of the molecule is Fc1cccc(CN=C2Nc3ccccc3NC23CCCCCC3)c1. The van der Waals surface area contributed by atoms with Crippen LogP contribution in [0, 0.1) is 5.82 Å². The van der Waals surface area contributed by atoms with Crippen molar-refractivity contribution in [2.45, 2.75) is 50.6 Å². The van der Waals surface area contributed by atoms with Gasteiger partial charge < -0.3 is 10.6 Å². The molecule has 4 rings (SSSR count). The Kier molecular flexibility index (Phi) is 4.43. The maximum absolute atomic E-state index is 13.5. The standard InChI is InChI=1S/C21H24FN3/c22-17-9-7-8-16(14-17)15-23-20-21(12-5-1-2-6-13-21)25-19-11-4-3-10-18(19)24-20/h3-4,7-11,14,25H,1-2,5-6,12-13,15H2,(H,23,24). The zero-order chi connectivity index (χ0) is 17.1. The van der Waals surface area contributed by atoms with Gasteiger partial charge in [0.1, 0.15) is 11.7 Å². The highest BCUT2D eigenvalue weighted by atomic mass is 19.1. The summed E-state index contributed by atoms with van der Waals surface area (Å²) in [5, 5.41) is 7.35. The second kappa shape index (κ2) is 6.87. The second-order valence-corrected chi connectivity index (χ2v) is 7.09. The molecule has 0 unspecified atom stereocenters. The monoisotopic (exact) mass is 337 g/mol. The number of fused-ring (bicyclic) bond motifs is 1. The van der Waals surface area contributed by atoms with E-state index in [1.165, 1.54) is 31.7 Å². The van der Waals surface area contributed by atoms with Crippen LogP contribution in [0.25, 0.3) is 0 Å². The van der Waals surface area contributed by atoms with Crippen LogP contribution in [-0.2, 0) is 6.54 Å². The number of halogens is 1. The van der Waals surface area contributed by atoms with Crippen LogP contribution in [0.4, 0.5) is 15.8 Å². The third kappa shape index (κ3) is 3.39. The number of hydrogen-bond donors (Lipinski definition) is 2. The number of amidine groups is 1. The summed E-state index contributed by atoms with van der Waals surface area (Å²) in [4.78, 5) is 4.89. The average Bonchev–Trinajstić information content (AvgIpc) is 2.86. The van der Waals surface area contributed by atoms with E-state index in [9.17, 15) is 4.39 Å². The maximum Gasteiger partial charge on any atom is 0.127 e. The molecule has 0 amide bonds. The van der Waals surface area contributed by atoms with Crippen molar-refractivity contribution >= 4 is 17.2 Å². The van der Waals surface area contributed by atoms with Gasteiger partial charge in [0.15, 0.2) is 0 Å². The van der Waals surface area contributed by atoms with Crippen molar-refractivity contribution in [3.8, 4) is 0 Å². The summed E-state index contributed by atoms with van der Waals surface area (Å²) in [6.45, 7) is 0.492. The molecule has 0 bridgehead atoms. The molecule has 3 nitrogen and oxygen atoms in total. The smallest absolute Gasteiger partial charge is 0.127 e. The first-order chi connectivity index (χ1) is 12.3. The fourth-order valence-electron chi connectivity index (χ4n) is 3.96. The molecule has 1 aliphatic carbocycles. The van der Waals surface area contributed by atoms with Crippen LogP contribution >= 0.6 is 0 Å². The molecule has 1 aliphatic heterocycles. The van der Waals surface area contributed by atoms with Gasteiger partial charge in [0.2, 0.25) is 0 Å². The molecule has 4 heteroatoms. The van der Waals surface area contributed by atoms with Crippen molar-refractivity contribution in [1.82, 2.24) is 0 Å². The molecule has 1 fully saturated rings. The molecule has 2 aliphatic rings. The average molecular weight is 337 g/mol. The molecule has 0 atom stereocenters. The van der Waals surface area contributed by atoms with Gasteiger partial charge in [0.25, 0.3) is 0 Å². The van der Waals surface area contributed by atoms with Crippen molar-refractivity contribution in [3.05, 3.63) is 59.9 Å². The Morgan fingerprint density at radius 2 is 1.68 bits per heavy atom. The fourth-order valence-corrected chi connectivity index (χ4v) is 3.96. The summed E-state index contributed by atoms with van der Waals surface area (Å²) >= 11 is 0. The number of anilines is 2. The van der Waals surface area contributed by atoms with Gasteiger partial charge >= 0.3 is 0 Å². The predicted octanol–water partition coefficient (Wildman–Crippen LogP) is 5.35. The lowest BCUT2D eigenvalue weighted by atomic mass is 9.86. The number of nitrogens with zero attached hydrogens (tertiary/aromatic N) is 1. The Labute approximate surface area is 148 Å². The Hall–Kier alpha value is -2.36. The van der Waals surface area contributed by atoms with Gasteiger partial charge in [-0.3, -0.25) is 4.99 Å². The van der Waals surface area contributed by atoms with Crippen LogP contribution in [0.3, 0.4) is 0 Å². The summed E-state index contributed by atoms with van der Waals surface area (Å²) in [5.41, 5.74) is 2.99. The van der Waals surface area contributed by atoms with Crippen molar-refractivity contribution in [1.29, 1.82) is 0 Å². The van der Waals surface area contributed by atoms with Gasteiger partial charge in [-0.1, -0.05) is 49.9 Å². The van der Waals surface area contributed by atoms with E-state index in [2.05, 4.69) is 28.8 Å². The minimum atomic E-state index is -0.207. The molecule has 0 radical (unpaired) electrons. The Morgan fingerprint density at radius 1 is 0.920 bits per heavy atom. The molecule has 2 aromatic carbocycles. The summed E-state index contributed by atoms with van der Waals surface area (Å²) in [5.74, 6) is 0.791. The van der Waals surface area contributed by atoms with Crippen LogP contribution < -0.4 is 10.6 Å². The van der Waals surface area contributed by atoms with E-state index in [0.717, 1.165) is 35.6 Å². The molecule has 2 aromatic rings. The number of nitrogens with one attached hydrogen (secondary N) is 2. The fraction of sp³-hybridized carbons (Fsp3) is 0.381. The van der Waals surface area contributed by atoms with E-state index in [4.69, 9.17) is 4.99 Å². The minimum absolute atomic E-state index is 0.127. The molecule has 2 N–H and O–H groups in total. The number of rotatable bonds is 2. The highest BCUT2D eigenvalue weighted by Gasteiger charge is 2.39. The van der Waals surface area contributed by atoms with Gasteiger partial charge in [-0.2, -0.15) is 0 Å². The second-order valence-electron chi connectivity index (χ2n) is 7.09. The third-order valence-corrected chi connectivity index (χ3v) is 5.27. The summed E-state index contributed by atoms with van der Waals surface area (Å²) in [7, 11) is 0. The largest absolute Gasteiger partial charge is 0.371 e. The van der Waals surface area contributed by atoms with E-state index in [1.807, 2.05) is 12.1 Å². The summed E-state index contributed by atoms with van der Waals surface area (Å²) < 4.78 is 13.5. The van der Waals surface area contributed by atoms with E-state index in [1.54, 1.807) is 12.1 Å². The van der Waals surface area contributed by atoms with Gasteiger partial charge in [-0.05, 0) is 42.7 Å². The molecule has 0 aromatic heterocycles. The molecule has 0 saturated heterocycles. The van der Waals surface area contributed by atoms with Crippen molar-refractivity contribution in [2.75, 3.05) is 10.6 Å². The number of benzene rings is 2. The van der Waals surface area contributed by atoms with Crippen LogP contribution in [-0.4, -0.2) is 11.4 Å². The molecule has 1 saturated carbocycles. The van der Waals surface area contributed by atoms with Crippen LogP contribution in [0.15, 0.2) is 53.5 Å².